The largest absolute Gasteiger partial charge is 0.383 e. The number of rotatable bonds is 7. The Kier molecular flexibility index (Phi) is 6.23. The fraction of sp³-hybridized carbons (Fsp3) is 0.357. The predicted molar refractivity (Wildman–Crippen MR) is 87.1 cm³/mol. The average molecular weight is 341 g/mol. The second-order valence-electron chi connectivity index (χ2n) is 4.48. The van der Waals surface area contributed by atoms with Crippen LogP contribution in [0.2, 0.25) is 5.02 Å². The molecular formula is C14H17ClN4O2S. The molecule has 8 heteroatoms. The van der Waals surface area contributed by atoms with E-state index < -0.39 is 0 Å². The quantitative estimate of drug-likeness (QED) is 0.616. The molecule has 0 radical (unpaired) electrons. The van der Waals surface area contributed by atoms with Crippen LogP contribution in [0.3, 0.4) is 0 Å². The number of hydrogen-bond donors (Lipinski definition) is 1. The van der Waals surface area contributed by atoms with E-state index in [1.54, 1.807) is 7.11 Å². The van der Waals surface area contributed by atoms with E-state index in [1.807, 2.05) is 35.9 Å². The maximum atomic E-state index is 11.7. The van der Waals surface area contributed by atoms with Gasteiger partial charge in [0, 0.05) is 26.3 Å². The lowest BCUT2D eigenvalue weighted by Gasteiger charge is -2.06. The van der Waals surface area contributed by atoms with Gasteiger partial charge < -0.3 is 14.6 Å². The van der Waals surface area contributed by atoms with Crippen molar-refractivity contribution >= 4 is 29.3 Å². The van der Waals surface area contributed by atoms with Crippen LogP contribution < -0.4 is 5.32 Å². The first-order valence-corrected chi connectivity index (χ1v) is 8.02. The first kappa shape index (κ1) is 16.8. The van der Waals surface area contributed by atoms with E-state index in [1.165, 1.54) is 11.8 Å². The predicted octanol–water partition coefficient (Wildman–Crippen LogP) is 1.99. The second-order valence-corrected chi connectivity index (χ2v) is 5.83. The molecule has 1 aromatic heterocycles. The minimum atomic E-state index is -0.0654. The lowest BCUT2D eigenvalue weighted by molar-refractivity contribution is -0.118. The minimum Gasteiger partial charge on any atom is -0.383 e. The van der Waals surface area contributed by atoms with Gasteiger partial charge in [-0.3, -0.25) is 4.79 Å². The van der Waals surface area contributed by atoms with E-state index in [0.717, 1.165) is 5.56 Å². The Bertz CT molecular complexity index is 648. The van der Waals surface area contributed by atoms with Crippen molar-refractivity contribution in [1.82, 2.24) is 20.1 Å². The minimum absolute atomic E-state index is 0.0654. The molecule has 0 bridgehead atoms. The SMILES string of the molecule is COCCNC(=O)CSc1nnc(-c2ccccc2Cl)n1C. The van der Waals surface area contributed by atoms with Crippen LogP contribution in [0.5, 0.6) is 0 Å². The van der Waals surface area contributed by atoms with Gasteiger partial charge >= 0.3 is 0 Å². The summed E-state index contributed by atoms with van der Waals surface area (Å²) in [5, 5.41) is 12.3. The first-order chi connectivity index (χ1) is 10.6. The number of amides is 1. The van der Waals surface area contributed by atoms with E-state index in [4.69, 9.17) is 16.3 Å². The highest BCUT2D eigenvalue weighted by Gasteiger charge is 2.14. The van der Waals surface area contributed by atoms with Gasteiger partial charge in [-0.05, 0) is 12.1 Å². The van der Waals surface area contributed by atoms with Gasteiger partial charge in [-0.2, -0.15) is 0 Å². The number of benzene rings is 1. The Hall–Kier alpha value is -1.57. The number of nitrogens with one attached hydrogen (secondary N) is 1. The number of hydrogen-bond acceptors (Lipinski definition) is 5. The molecule has 2 aromatic rings. The topological polar surface area (TPSA) is 69.0 Å². The van der Waals surface area contributed by atoms with Crippen molar-refractivity contribution in [2.75, 3.05) is 26.0 Å². The summed E-state index contributed by atoms with van der Waals surface area (Å²) in [7, 11) is 3.44. The van der Waals surface area contributed by atoms with Crippen molar-refractivity contribution in [1.29, 1.82) is 0 Å². The number of carbonyl (C=O) groups is 1. The summed E-state index contributed by atoms with van der Waals surface area (Å²) in [6.45, 7) is 0.997. The van der Waals surface area contributed by atoms with Crippen LogP contribution in [0.4, 0.5) is 0 Å². The van der Waals surface area contributed by atoms with Crippen LogP contribution in [0.15, 0.2) is 29.4 Å². The van der Waals surface area contributed by atoms with E-state index in [2.05, 4.69) is 15.5 Å². The standard InChI is InChI=1S/C14H17ClN4O2S/c1-19-13(10-5-3-4-6-11(10)15)17-18-14(19)22-9-12(20)16-7-8-21-2/h3-6H,7-9H2,1-2H3,(H,16,20). The Balaban J connectivity index is 2.00. The average Bonchev–Trinajstić information content (AvgIpc) is 2.87. The fourth-order valence-electron chi connectivity index (χ4n) is 1.79. The van der Waals surface area contributed by atoms with E-state index in [9.17, 15) is 4.79 Å². The van der Waals surface area contributed by atoms with Gasteiger partial charge in [-0.25, -0.2) is 0 Å². The van der Waals surface area contributed by atoms with Crippen molar-refractivity contribution in [2.24, 2.45) is 7.05 Å². The molecule has 0 aliphatic rings. The number of carbonyl (C=O) groups excluding carboxylic acids is 1. The van der Waals surface area contributed by atoms with E-state index in [0.29, 0.717) is 29.2 Å². The highest BCUT2D eigenvalue weighted by Crippen LogP contribution is 2.28. The third kappa shape index (κ3) is 4.22. The molecule has 0 unspecified atom stereocenters. The van der Waals surface area contributed by atoms with Gasteiger partial charge in [0.1, 0.15) is 0 Å². The first-order valence-electron chi connectivity index (χ1n) is 6.66. The van der Waals surface area contributed by atoms with Gasteiger partial charge in [0.05, 0.1) is 17.4 Å². The van der Waals surface area contributed by atoms with Crippen LogP contribution in [0, 0.1) is 0 Å². The van der Waals surface area contributed by atoms with E-state index in [-0.39, 0.29) is 11.7 Å². The molecule has 0 aliphatic carbocycles. The van der Waals surface area contributed by atoms with Crippen LogP contribution in [-0.4, -0.2) is 46.7 Å². The summed E-state index contributed by atoms with van der Waals surface area (Å²) in [6, 6.07) is 7.45. The summed E-state index contributed by atoms with van der Waals surface area (Å²) in [5.41, 5.74) is 0.815. The third-order valence-electron chi connectivity index (χ3n) is 2.91. The summed E-state index contributed by atoms with van der Waals surface area (Å²) >= 11 is 7.50. The zero-order valence-electron chi connectivity index (χ0n) is 12.4. The highest BCUT2D eigenvalue weighted by atomic mass is 35.5. The molecule has 118 valence electrons. The molecule has 0 aliphatic heterocycles. The Labute approximate surface area is 138 Å². The van der Waals surface area contributed by atoms with Gasteiger partial charge in [-0.15, -0.1) is 10.2 Å². The molecule has 1 aromatic carbocycles. The lowest BCUT2D eigenvalue weighted by Crippen LogP contribution is -2.28. The molecular weight excluding hydrogens is 324 g/mol. The van der Waals surface area contributed by atoms with Crippen molar-refractivity contribution in [3.8, 4) is 11.4 Å². The smallest absolute Gasteiger partial charge is 0.230 e. The van der Waals surface area contributed by atoms with Crippen LogP contribution in [0.25, 0.3) is 11.4 Å². The monoisotopic (exact) mass is 340 g/mol. The van der Waals surface area contributed by atoms with Crippen LogP contribution >= 0.6 is 23.4 Å². The maximum absolute atomic E-state index is 11.7. The van der Waals surface area contributed by atoms with Gasteiger partial charge in [0.2, 0.25) is 5.91 Å². The van der Waals surface area contributed by atoms with Crippen LogP contribution in [0.1, 0.15) is 0 Å². The van der Waals surface area contributed by atoms with Gasteiger partial charge in [0.15, 0.2) is 11.0 Å². The number of aromatic nitrogens is 3. The lowest BCUT2D eigenvalue weighted by atomic mass is 10.2. The molecule has 0 atom stereocenters. The fourth-order valence-corrected chi connectivity index (χ4v) is 2.75. The third-order valence-corrected chi connectivity index (χ3v) is 4.26. The molecule has 22 heavy (non-hydrogen) atoms. The molecule has 0 spiro atoms. The number of ether oxygens (including phenoxy) is 1. The number of nitrogens with zero attached hydrogens (tertiary/aromatic N) is 3. The Morgan fingerprint density at radius 1 is 1.41 bits per heavy atom. The van der Waals surface area contributed by atoms with Crippen molar-refractivity contribution in [3.63, 3.8) is 0 Å². The Morgan fingerprint density at radius 3 is 2.91 bits per heavy atom. The summed E-state index contributed by atoms with van der Waals surface area (Å²) in [4.78, 5) is 11.7. The zero-order valence-corrected chi connectivity index (χ0v) is 13.9. The molecule has 0 saturated heterocycles. The molecule has 2 rings (SSSR count). The molecule has 1 amide bonds. The summed E-state index contributed by atoms with van der Waals surface area (Å²) in [5.74, 6) is 0.885. The van der Waals surface area contributed by atoms with Gasteiger partial charge in [0.25, 0.3) is 0 Å². The van der Waals surface area contributed by atoms with Crippen molar-refractivity contribution in [3.05, 3.63) is 29.3 Å². The van der Waals surface area contributed by atoms with Gasteiger partial charge in [-0.1, -0.05) is 35.5 Å². The highest BCUT2D eigenvalue weighted by molar-refractivity contribution is 7.99. The second kappa shape index (κ2) is 8.17. The molecule has 1 N–H and O–H groups in total. The van der Waals surface area contributed by atoms with E-state index >= 15 is 0 Å². The maximum Gasteiger partial charge on any atom is 0.230 e. The Morgan fingerprint density at radius 2 is 2.18 bits per heavy atom. The number of thioether (sulfide) groups is 1. The number of halogens is 1. The summed E-state index contributed by atoms with van der Waals surface area (Å²) in [6.07, 6.45) is 0. The molecule has 6 nitrogen and oxygen atoms in total. The normalized spacial score (nSPS) is 10.7. The zero-order chi connectivity index (χ0) is 15.9. The van der Waals surface area contributed by atoms with Crippen LogP contribution in [-0.2, 0) is 16.6 Å². The molecule has 0 fully saturated rings. The number of methoxy groups -OCH3 is 1. The van der Waals surface area contributed by atoms with Crippen molar-refractivity contribution in [2.45, 2.75) is 5.16 Å². The summed E-state index contributed by atoms with van der Waals surface area (Å²) < 4.78 is 6.70. The molecule has 1 heterocycles. The molecule has 0 saturated carbocycles. The van der Waals surface area contributed by atoms with Crippen molar-refractivity contribution < 1.29 is 9.53 Å².